The molecule has 1 aliphatic rings. The average Bonchev–Trinajstić information content (AvgIpc) is 3.10. The highest BCUT2D eigenvalue weighted by atomic mass is 16.5. The lowest BCUT2D eigenvalue weighted by molar-refractivity contribution is 0.354. The molecule has 2 nitrogen and oxygen atoms in total. The van der Waals surface area contributed by atoms with E-state index in [0.29, 0.717) is 5.92 Å². The Labute approximate surface area is 185 Å². The zero-order valence-corrected chi connectivity index (χ0v) is 18.8. The molecule has 0 bridgehead atoms. The number of hydrogen-bond acceptors (Lipinski definition) is 2. The van der Waals surface area contributed by atoms with Gasteiger partial charge in [-0.1, -0.05) is 86.7 Å². The Morgan fingerprint density at radius 1 is 0.871 bits per heavy atom. The number of methoxy groups -OCH3 is 2. The SMILES string of the molecule is CCC1=C(C(/C=C/c2ccccc2)c2ccccc2)C(C)c2cc(OC)c(OC)cc21. The zero-order chi connectivity index (χ0) is 21.8. The molecule has 0 radical (unpaired) electrons. The van der Waals surface area contributed by atoms with E-state index in [1.54, 1.807) is 14.2 Å². The molecule has 0 amide bonds. The summed E-state index contributed by atoms with van der Waals surface area (Å²) in [6.45, 7) is 4.56. The van der Waals surface area contributed by atoms with Crippen molar-refractivity contribution in [3.63, 3.8) is 0 Å². The first-order valence-corrected chi connectivity index (χ1v) is 10.9. The van der Waals surface area contributed by atoms with Crippen LogP contribution in [-0.4, -0.2) is 14.2 Å². The maximum Gasteiger partial charge on any atom is 0.161 e. The first kappa shape index (κ1) is 21.0. The van der Waals surface area contributed by atoms with Gasteiger partial charge < -0.3 is 9.47 Å². The Balaban J connectivity index is 1.86. The van der Waals surface area contributed by atoms with Crippen LogP contribution in [-0.2, 0) is 0 Å². The summed E-state index contributed by atoms with van der Waals surface area (Å²) >= 11 is 0. The lowest BCUT2D eigenvalue weighted by Gasteiger charge is -2.22. The van der Waals surface area contributed by atoms with Crippen LogP contribution < -0.4 is 9.47 Å². The molecule has 0 aliphatic heterocycles. The van der Waals surface area contributed by atoms with Gasteiger partial charge >= 0.3 is 0 Å². The fraction of sp³-hybridized carbons (Fsp3) is 0.241. The molecule has 1 aliphatic carbocycles. The Bertz CT molecular complexity index is 1090. The molecule has 2 heteroatoms. The van der Waals surface area contributed by atoms with E-state index < -0.39 is 0 Å². The van der Waals surface area contributed by atoms with E-state index in [1.807, 2.05) is 0 Å². The molecule has 0 saturated heterocycles. The smallest absolute Gasteiger partial charge is 0.161 e. The van der Waals surface area contributed by atoms with E-state index >= 15 is 0 Å². The Morgan fingerprint density at radius 3 is 2.10 bits per heavy atom. The minimum absolute atomic E-state index is 0.204. The van der Waals surface area contributed by atoms with Crippen LogP contribution in [0.25, 0.3) is 11.6 Å². The highest BCUT2D eigenvalue weighted by Gasteiger charge is 2.33. The molecule has 0 heterocycles. The average molecular weight is 411 g/mol. The summed E-state index contributed by atoms with van der Waals surface area (Å²) in [5.74, 6) is 2.09. The topological polar surface area (TPSA) is 18.5 Å². The summed E-state index contributed by atoms with van der Waals surface area (Å²) in [6.07, 6.45) is 5.58. The summed E-state index contributed by atoms with van der Waals surface area (Å²) in [7, 11) is 3.41. The van der Waals surface area contributed by atoms with Crippen LogP contribution in [0, 0.1) is 0 Å². The van der Waals surface area contributed by atoms with Crippen molar-refractivity contribution in [3.05, 3.63) is 107 Å². The van der Waals surface area contributed by atoms with Crippen molar-refractivity contribution in [2.45, 2.75) is 32.1 Å². The molecule has 2 unspecified atom stereocenters. The predicted octanol–water partition coefficient (Wildman–Crippen LogP) is 7.48. The van der Waals surface area contributed by atoms with Crippen molar-refractivity contribution < 1.29 is 9.47 Å². The molecular formula is C29H30O2. The summed E-state index contributed by atoms with van der Waals surface area (Å²) in [4.78, 5) is 0. The van der Waals surface area contributed by atoms with Crippen molar-refractivity contribution >= 4 is 11.6 Å². The van der Waals surface area contributed by atoms with Crippen LogP contribution in [0.4, 0.5) is 0 Å². The van der Waals surface area contributed by atoms with E-state index in [9.17, 15) is 0 Å². The lowest BCUT2D eigenvalue weighted by Crippen LogP contribution is -2.05. The minimum Gasteiger partial charge on any atom is -0.493 e. The van der Waals surface area contributed by atoms with Crippen molar-refractivity contribution in [2.75, 3.05) is 14.2 Å². The molecule has 3 aromatic carbocycles. The first-order valence-electron chi connectivity index (χ1n) is 10.9. The van der Waals surface area contributed by atoms with Crippen molar-refractivity contribution in [1.82, 2.24) is 0 Å². The minimum atomic E-state index is 0.204. The first-order chi connectivity index (χ1) is 15.2. The monoisotopic (exact) mass is 410 g/mol. The van der Waals surface area contributed by atoms with Gasteiger partial charge in [0.15, 0.2) is 11.5 Å². The van der Waals surface area contributed by atoms with Crippen LogP contribution in [0.5, 0.6) is 11.5 Å². The maximum absolute atomic E-state index is 5.61. The van der Waals surface area contributed by atoms with Gasteiger partial charge in [0.2, 0.25) is 0 Å². The van der Waals surface area contributed by atoms with Crippen LogP contribution >= 0.6 is 0 Å². The van der Waals surface area contributed by atoms with E-state index in [1.165, 1.54) is 33.4 Å². The highest BCUT2D eigenvalue weighted by Crippen LogP contribution is 2.52. The van der Waals surface area contributed by atoms with Crippen LogP contribution in [0.1, 0.15) is 54.4 Å². The quantitative estimate of drug-likeness (QED) is 0.402. The van der Waals surface area contributed by atoms with Gasteiger partial charge in [-0.05, 0) is 52.0 Å². The van der Waals surface area contributed by atoms with Crippen molar-refractivity contribution in [2.24, 2.45) is 0 Å². The number of ether oxygens (including phenoxy) is 2. The lowest BCUT2D eigenvalue weighted by atomic mass is 9.82. The molecular weight excluding hydrogens is 380 g/mol. The number of fused-ring (bicyclic) bond motifs is 1. The number of rotatable bonds is 7. The van der Waals surface area contributed by atoms with Gasteiger partial charge in [0, 0.05) is 11.8 Å². The van der Waals surface area contributed by atoms with Gasteiger partial charge in [0.05, 0.1) is 14.2 Å². The Kier molecular flexibility index (Phi) is 6.27. The third-order valence-electron chi connectivity index (χ3n) is 6.29. The van der Waals surface area contributed by atoms with E-state index in [2.05, 4.69) is 98.8 Å². The summed E-state index contributed by atoms with van der Waals surface area (Å²) in [5.41, 5.74) is 8.01. The maximum atomic E-state index is 5.61. The molecule has 0 N–H and O–H groups in total. The third kappa shape index (κ3) is 4.03. The molecule has 0 aromatic heterocycles. The summed E-state index contributed by atoms with van der Waals surface area (Å²) < 4.78 is 11.2. The van der Waals surface area contributed by atoms with Crippen LogP contribution in [0.15, 0.2) is 84.4 Å². The summed E-state index contributed by atoms with van der Waals surface area (Å²) in [6, 6.07) is 25.6. The molecule has 0 saturated carbocycles. The molecule has 158 valence electrons. The van der Waals surface area contributed by atoms with Gasteiger partial charge in [-0.2, -0.15) is 0 Å². The number of hydrogen-bond donors (Lipinski definition) is 0. The van der Waals surface area contributed by atoms with Crippen molar-refractivity contribution in [1.29, 1.82) is 0 Å². The number of benzene rings is 3. The highest BCUT2D eigenvalue weighted by molar-refractivity contribution is 5.82. The second-order valence-corrected chi connectivity index (χ2v) is 7.96. The van der Waals surface area contributed by atoms with Gasteiger partial charge in [-0.3, -0.25) is 0 Å². The van der Waals surface area contributed by atoms with Gasteiger partial charge in [0.1, 0.15) is 0 Å². The third-order valence-corrected chi connectivity index (χ3v) is 6.29. The molecule has 4 rings (SSSR count). The molecule has 2 atom stereocenters. The molecule has 3 aromatic rings. The second kappa shape index (κ2) is 9.26. The number of allylic oxidation sites excluding steroid dienone is 3. The second-order valence-electron chi connectivity index (χ2n) is 7.96. The standard InChI is InChI=1S/C29H30O2/c1-5-23-26-19-28(31-4)27(30-3)18-25(26)20(2)29(23)24(22-14-10-7-11-15-22)17-16-21-12-8-6-9-13-21/h6-20,24H,5H2,1-4H3/b17-16+. The fourth-order valence-corrected chi connectivity index (χ4v) is 4.78. The normalized spacial score (nSPS) is 16.5. The van der Waals surface area contributed by atoms with E-state index in [4.69, 9.17) is 9.47 Å². The van der Waals surface area contributed by atoms with Crippen molar-refractivity contribution in [3.8, 4) is 11.5 Å². The predicted molar refractivity (Wildman–Crippen MR) is 130 cm³/mol. The van der Waals surface area contributed by atoms with E-state index in [0.717, 1.165) is 17.9 Å². The Morgan fingerprint density at radius 2 is 1.48 bits per heavy atom. The van der Waals surface area contributed by atoms with Crippen LogP contribution in [0.3, 0.4) is 0 Å². The van der Waals surface area contributed by atoms with E-state index in [-0.39, 0.29) is 5.92 Å². The van der Waals surface area contributed by atoms with Gasteiger partial charge in [0.25, 0.3) is 0 Å². The Hall–Kier alpha value is -3.26. The largest absolute Gasteiger partial charge is 0.493 e. The van der Waals surface area contributed by atoms with Gasteiger partial charge in [-0.15, -0.1) is 0 Å². The van der Waals surface area contributed by atoms with Gasteiger partial charge in [-0.25, -0.2) is 0 Å². The molecule has 0 spiro atoms. The molecule has 0 fully saturated rings. The fourth-order valence-electron chi connectivity index (χ4n) is 4.78. The zero-order valence-electron chi connectivity index (χ0n) is 18.8. The molecule has 31 heavy (non-hydrogen) atoms. The summed E-state index contributed by atoms with van der Waals surface area (Å²) in [5, 5.41) is 0. The van der Waals surface area contributed by atoms with Crippen LogP contribution in [0.2, 0.25) is 0 Å².